The van der Waals surface area contributed by atoms with E-state index in [1.54, 1.807) is 29.7 Å². The molecule has 2 aliphatic rings. The average molecular weight is 662 g/mol. The Morgan fingerprint density at radius 2 is 1.67 bits per heavy atom. The zero-order valence-electron chi connectivity index (χ0n) is 26.9. The summed E-state index contributed by atoms with van der Waals surface area (Å²) < 4.78 is 0.334. The maximum Gasteiger partial charge on any atom is 0.327 e. The summed E-state index contributed by atoms with van der Waals surface area (Å²) >= 11 is 3.05. The predicted molar refractivity (Wildman–Crippen MR) is 186 cm³/mol. The van der Waals surface area contributed by atoms with Crippen molar-refractivity contribution < 1.29 is 9.59 Å². The molecule has 0 spiro atoms. The number of amides is 2. The molecule has 244 valence electrons. The highest BCUT2D eigenvalue weighted by Gasteiger charge is 2.73. The third-order valence-electron chi connectivity index (χ3n) is 9.16. The van der Waals surface area contributed by atoms with Gasteiger partial charge in [0.05, 0.1) is 12.1 Å². The Labute approximate surface area is 279 Å². The van der Waals surface area contributed by atoms with Gasteiger partial charge in [0.2, 0.25) is 11.0 Å². The van der Waals surface area contributed by atoms with Crippen LogP contribution in [0.1, 0.15) is 87.3 Å². The molecule has 1 saturated heterocycles. The first-order chi connectivity index (χ1) is 22.3. The highest BCUT2D eigenvalue weighted by Crippen LogP contribution is 2.53. The SMILES string of the molecule is C=C/C=C(/CC(=O)[N+]1(c2nnc(C[C@H](C)CC[C@@H](C)Cc3nnc(NC(=O)Cc4ccccn4)s3)s2)C2CCCCCCC21)N=C. The summed E-state index contributed by atoms with van der Waals surface area (Å²) in [4.78, 5) is 34.6. The van der Waals surface area contributed by atoms with Crippen molar-refractivity contribution in [1.82, 2.24) is 29.9 Å². The zero-order chi connectivity index (χ0) is 32.5. The van der Waals surface area contributed by atoms with Crippen molar-refractivity contribution in [3.05, 3.63) is 64.5 Å². The lowest BCUT2D eigenvalue weighted by Gasteiger charge is -2.16. The molecular formula is C34H45N8O2S2+. The van der Waals surface area contributed by atoms with Gasteiger partial charge in [0.1, 0.15) is 16.4 Å². The maximum atomic E-state index is 14.0. The molecule has 3 aromatic rings. The van der Waals surface area contributed by atoms with Crippen LogP contribution >= 0.6 is 22.7 Å². The van der Waals surface area contributed by atoms with Gasteiger partial charge in [-0.15, -0.1) is 15.3 Å². The number of allylic oxidation sites excluding steroid dienone is 2. The fraction of sp³-hybridized carbons (Fsp3) is 0.529. The van der Waals surface area contributed by atoms with Crippen molar-refractivity contribution in [3.63, 3.8) is 0 Å². The van der Waals surface area contributed by atoms with Gasteiger partial charge in [0, 0.05) is 37.6 Å². The van der Waals surface area contributed by atoms with E-state index in [2.05, 4.69) is 62.8 Å². The molecule has 10 nitrogen and oxygen atoms in total. The summed E-state index contributed by atoms with van der Waals surface area (Å²) in [7, 11) is 0. The van der Waals surface area contributed by atoms with Gasteiger partial charge in [-0.3, -0.25) is 14.8 Å². The molecule has 1 saturated carbocycles. The van der Waals surface area contributed by atoms with Gasteiger partial charge >= 0.3 is 11.0 Å². The first-order valence-electron chi connectivity index (χ1n) is 16.4. The normalized spacial score (nSPS) is 22.5. The lowest BCUT2D eigenvalue weighted by molar-refractivity contribution is -0.125. The first-order valence-corrected chi connectivity index (χ1v) is 18.0. The molecular weight excluding hydrogens is 617 g/mol. The van der Waals surface area contributed by atoms with Crippen LogP contribution in [0, 0.1) is 11.8 Å². The summed E-state index contributed by atoms with van der Waals surface area (Å²) in [6.07, 6.45) is 16.2. The Bertz CT molecular complexity index is 1520. The second-order valence-electron chi connectivity index (χ2n) is 12.7. The minimum absolute atomic E-state index is 0.147. The standard InChI is InChI=1S/C34H44N8O2S2/c1-5-12-25(35-4)22-32(44)42(27-14-8-6-7-9-15-28(27)42)34-41-39-31(46-34)20-24(3)17-16-23(2)19-30-38-40-33(45-30)37-29(43)21-26-13-10-11-18-36-26/h5,10-13,18,23-24,27-28H,1,4,6-9,14-17,19-22H2,2-3H3/p+1/b25-12-/t23-,24-,27?,28?,42?/m1/s1. The minimum Gasteiger partial charge on any atom is -0.300 e. The average Bonchev–Trinajstić information content (AvgIpc) is 3.31. The molecule has 2 unspecified atom stereocenters. The second kappa shape index (κ2) is 15.9. The van der Waals surface area contributed by atoms with Gasteiger partial charge in [-0.1, -0.05) is 74.7 Å². The largest absolute Gasteiger partial charge is 0.327 e. The van der Waals surface area contributed by atoms with Crippen molar-refractivity contribution in [3.8, 4) is 0 Å². The van der Waals surface area contributed by atoms with E-state index in [0.717, 1.165) is 72.2 Å². The van der Waals surface area contributed by atoms with Gasteiger partial charge in [0.25, 0.3) is 0 Å². The lowest BCUT2D eigenvalue weighted by atomic mass is 9.94. The topological polar surface area (TPSA) is 123 Å². The van der Waals surface area contributed by atoms with Gasteiger partial charge in [-0.2, -0.15) is 4.48 Å². The third kappa shape index (κ3) is 8.26. The molecule has 0 aromatic carbocycles. The van der Waals surface area contributed by atoms with Crippen LogP contribution in [0.3, 0.4) is 0 Å². The summed E-state index contributed by atoms with van der Waals surface area (Å²) in [5.74, 6) is 0.855. The van der Waals surface area contributed by atoms with E-state index < -0.39 is 0 Å². The number of carbonyl (C=O) groups is 2. The molecule has 1 aliphatic carbocycles. The molecule has 0 bridgehead atoms. The fourth-order valence-electron chi connectivity index (χ4n) is 6.74. The number of nitrogens with one attached hydrogen (secondary N) is 1. The van der Waals surface area contributed by atoms with E-state index in [1.165, 1.54) is 24.2 Å². The predicted octanol–water partition coefficient (Wildman–Crippen LogP) is 6.90. The van der Waals surface area contributed by atoms with E-state index >= 15 is 0 Å². The lowest BCUT2D eigenvalue weighted by Crippen LogP contribution is -2.39. The molecule has 2 amide bonds. The zero-order valence-corrected chi connectivity index (χ0v) is 28.6. The van der Waals surface area contributed by atoms with Crippen LogP contribution in [0.5, 0.6) is 0 Å². The van der Waals surface area contributed by atoms with Crippen LogP contribution in [0.25, 0.3) is 0 Å². The van der Waals surface area contributed by atoms with Crippen molar-refractivity contribution in [2.75, 3.05) is 5.32 Å². The maximum absolute atomic E-state index is 14.0. The summed E-state index contributed by atoms with van der Waals surface area (Å²) in [5.41, 5.74) is 1.37. The van der Waals surface area contributed by atoms with Crippen LogP contribution in [-0.4, -0.2) is 56.0 Å². The van der Waals surface area contributed by atoms with Crippen molar-refractivity contribution in [2.24, 2.45) is 16.8 Å². The highest BCUT2D eigenvalue weighted by molar-refractivity contribution is 7.15. The minimum atomic E-state index is -0.147. The Morgan fingerprint density at radius 1 is 1.00 bits per heavy atom. The number of hydrogen-bond donors (Lipinski definition) is 1. The molecule has 2 fully saturated rings. The number of hydrogen-bond acceptors (Lipinski definition) is 10. The van der Waals surface area contributed by atoms with Crippen molar-refractivity contribution in [2.45, 2.75) is 103 Å². The first kappa shape index (κ1) is 33.9. The quantitative estimate of drug-likeness (QED) is 0.0813. The molecule has 5 rings (SSSR count). The number of carbonyl (C=O) groups excluding carboxylic acids is 2. The molecule has 1 N–H and O–H groups in total. The number of anilines is 1. The van der Waals surface area contributed by atoms with Gasteiger partial charge in [0.15, 0.2) is 12.1 Å². The molecule has 3 aromatic heterocycles. The van der Waals surface area contributed by atoms with Crippen LogP contribution in [-0.2, 0) is 28.9 Å². The number of rotatable bonds is 15. The molecule has 4 atom stereocenters. The fourth-order valence-corrected chi connectivity index (χ4v) is 8.92. The Hall–Kier alpha value is -3.48. The van der Waals surface area contributed by atoms with Crippen molar-refractivity contribution in [1.29, 1.82) is 0 Å². The Kier molecular flexibility index (Phi) is 11.7. The summed E-state index contributed by atoms with van der Waals surface area (Å²) in [5, 5.41) is 23.9. The molecule has 46 heavy (non-hydrogen) atoms. The van der Waals surface area contributed by atoms with E-state index in [1.807, 2.05) is 18.2 Å². The van der Waals surface area contributed by atoms with Crippen LogP contribution in [0.2, 0.25) is 0 Å². The number of pyridine rings is 1. The molecule has 1 aliphatic heterocycles. The van der Waals surface area contributed by atoms with Crippen molar-refractivity contribution >= 4 is 51.5 Å². The second-order valence-corrected chi connectivity index (χ2v) is 14.8. The van der Waals surface area contributed by atoms with Gasteiger partial charge in [-0.25, -0.2) is 4.79 Å². The van der Waals surface area contributed by atoms with E-state index in [0.29, 0.717) is 27.1 Å². The van der Waals surface area contributed by atoms with Gasteiger partial charge < -0.3 is 5.32 Å². The van der Waals surface area contributed by atoms with E-state index in [4.69, 9.17) is 0 Å². The van der Waals surface area contributed by atoms with E-state index in [9.17, 15) is 9.59 Å². The van der Waals surface area contributed by atoms with Crippen LogP contribution in [0.15, 0.2) is 53.8 Å². The number of aliphatic imine (C=N–C) groups is 1. The molecule has 12 heteroatoms. The number of aromatic nitrogens is 5. The van der Waals surface area contributed by atoms with Crippen LogP contribution < -0.4 is 9.80 Å². The highest BCUT2D eigenvalue weighted by atomic mass is 32.1. The Balaban J connectivity index is 1.14. The van der Waals surface area contributed by atoms with Crippen LogP contribution in [0.4, 0.5) is 10.3 Å². The van der Waals surface area contributed by atoms with E-state index in [-0.39, 0.29) is 36.7 Å². The number of nitrogens with zero attached hydrogens (tertiary/aromatic N) is 7. The monoisotopic (exact) mass is 661 g/mol. The smallest absolute Gasteiger partial charge is 0.300 e. The summed E-state index contributed by atoms with van der Waals surface area (Å²) in [6.45, 7) is 11.9. The molecule has 4 heterocycles. The summed E-state index contributed by atoms with van der Waals surface area (Å²) in [6, 6.07) is 6.10. The molecule has 0 radical (unpaired) electrons. The number of fused-ring (bicyclic) bond motifs is 1. The van der Waals surface area contributed by atoms with Gasteiger partial charge in [-0.05, 0) is 60.9 Å². The Morgan fingerprint density at radius 3 is 2.30 bits per heavy atom. The number of quaternary nitrogens is 1. The third-order valence-corrected chi connectivity index (χ3v) is 11.1.